The predicted octanol–water partition coefficient (Wildman–Crippen LogP) is 3.44. The molecule has 0 spiro atoms. The summed E-state index contributed by atoms with van der Waals surface area (Å²) in [5.41, 5.74) is 0. The molecule has 0 radical (unpaired) electrons. The first-order chi connectivity index (χ1) is 8.72. The maximum atomic E-state index is 9.39. The Kier molecular flexibility index (Phi) is 3.36. The largest absolute Gasteiger partial charge is 0.288 e. The number of hydrogen-bond acceptors (Lipinski definition) is 2. The van der Waals surface area contributed by atoms with Crippen LogP contribution in [0.1, 0.15) is 51.9 Å². The lowest BCUT2D eigenvalue weighted by atomic mass is 9.54. The minimum atomic E-state index is 0.150. The molecule has 0 saturated heterocycles. The SMILES string of the molecule is CCCC(C#N)N(C)C1C2CC3CC(C2)CC1C3. The number of rotatable bonds is 4. The second kappa shape index (κ2) is 4.85. The second-order valence-corrected chi connectivity index (χ2v) is 7.02. The van der Waals surface area contributed by atoms with Gasteiger partial charge in [0.05, 0.1) is 12.1 Å². The quantitative estimate of drug-likeness (QED) is 0.760. The molecular formula is C16H26N2. The molecule has 0 aromatic carbocycles. The van der Waals surface area contributed by atoms with Gasteiger partial charge in [-0.25, -0.2) is 0 Å². The molecule has 2 nitrogen and oxygen atoms in total. The van der Waals surface area contributed by atoms with Crippen molar-refractivity contribution in [1.82, 2.24) is 4.90 Å². The minimum Gasteiger partial charge on any atom is -0.288 e. The van der Waals surface area contributed by atoms with Crippen LogP contribution in [0.4, 0.5) is 0 Å². The van der Waals surface area contributed by atoms with Gasteiger partial charge in [0, 0.05) is 6.04 Å². The molecule has 18 heavy (non-hydrogen) atoms. The molecule has 100 valence electrons. The summed E-state index contributed by atoms with van der Waals surface area (Å²) in [6.07, 6.45) is 9.48. The van der Waals surface area contributed by atoms with E-state index in [1.807, 2.05) is 0 Å². The van der Waals surface area contributed by atoms with E-state index in [1.54, 1.807) is 0 Å². The fraction of sp³-hybridized carbons (Fsp3) is 0.938. The lowest BCUT2D eigenvalue weighted by Crippen LogP contribution is -2.57. The molecule has 4 aliphatic rings. The molecule has 0 heterocycles. The van der Waals surface area contributed by atoms with Crippen LogP contribution in [-0.2, 0) is 0 Å². The molecule has 2 heteroatoms. The van der Waals surface area contributed by atoms with E-state index in [2.05, 4.69) is 24.9 Å². The van der Waals surface area contributed by atoms with Gasteiger partial charge in [0.25, 0.3) is 0 Å². The van der Waals surface area contributed by atoms with Crippen LogP contribution in [-0.4, -0.2) is 24.0 Å². The summed E-state index contributed by atoms with van der Waals surface area (Å²) in [6.45, 7) is 2.19. The van der Waals surface area contributed by atoms with E-state index >= 15 is 0 Å². The first-order valence-corrected chi connectivity index (χ1v) is 7.84. The van der Waals surface area contributed by atoms with E-state index in [1.165, 1.54) is 32.1 Å². The van der Waals surface area contributed by atoms with Crippen LogP contribution in [0.15, 0.2) is 0 Å². The molecular weight excluding hydrogens is 220 g/mol. The van der Waals surface area contributed by atoms with Gasteiger partial charge in [-0.2, -0.15) is 5.26 Å². The Balaban J connectivity index is 1.74. The summed E-state index contributed by atoms with van der Waals surface area (Å²) >= 11 is 0. The van der Waals surface area contributed by atoms with Crippen LogP contribution < -0.4 is 0 Å². The highest BCUT2D eigenvalue weighted by Gasteiger charge is 2.50. The van der Waals surface area contributed by atoms with Gasteiger partial charge < -0.3 is 0 Å². The standard InChI is InChI=1S/C16H26N2/c1-3-4-15(10-17)18(2)16-13-6-11-5-12(8-13)9-14(16)7-11/h11-16H,3-9H2,1-2H3. The van der Waals surface area contributed by atoms with Gasteiger partial charge in [0.15, 0.2) is 0 Å². The third-order valence-corrected chi connectivity index (χ3v) is 5.85. The Morgan fingerprint density at radius 3 is 2.11 bits per heavy atom. The average Bonchev–Trinajstić information content (AvgIpc) is 2.34. The fourth-order valence-electron chi connectivity index (χ4n) is 5.40. The van der Waals surface area contributed by atoms with Gasteiger partial charge in [-0.1, -0.05) is 13.3 Å². The lowest BCUT2D eigenvalue weighted by Gasteiger charge is -2.57. The fourth-order valence-corrected chi connectivity index (χ4v) is 5.40. The van der Waals surface area contributed by atoms with E-state index in [-0.39, 0.29) is 6.04 Å². The van der Waals surface area contributed by atoms with Crippen molar-refractivity contribution in [3.05, 3.63) is 0 Å². The average molecular weight is 246 g/mol. The molecule has 1 atom stereocenters. The van der Waals surface area contributed by atoms with E-state index in [0.29, 0.717) is 6.04 Å². The summed E-state index contributed by atoms with van der Waals surface area (Å²) in [5.74, 6) is 3.87. The zero-order chi connectivity index (χ0) is 12.7. The monoisotopic (exact) mass is 246 g/mol. The van der Waals surface area contributed by atoms with Crippen LogP contribution in [0, 0.1) is 35.0 Å². The Bertz CT molecular complexity index is 315. The van der Waals surface area contributed by atoms with Crippen LogP contribution in [0.25, 0.3) is 0 Å². The molecule has 4 rings (SSSR count). The van der Waals surface area contributed by atoms with Gasteiger partial charge in [0.2, 0.25) is 0 Å². The summed E-state index contributed by atoms with van der Waals surface area (Å²) in [7, 11) is 2.22. The number of nitrogens with zero attached hydrogens (tertiary/aromatic N) is 2. The number of hydrogen-bond donors (Lipinski definition) is 0. The van der Waals surface area contributed by atoms with Gasteiger partial charge in [-0.05, 0) is 69.2 Å². The van der Waals surface area contributed by atoms with Crippen molar-refractivity contribution in [2.45, 2.75) is 64.0 Å². The van der Waals surface area contributed by atoms with Crippen LogP contribution in [0.3, 0.4) is 0 Å². The Labute approximate surface area is 111 Å². The van der Waals surface area contributed by atoms with Gasteiger partial charge in [-0.15, -0.1) is 0 Å². The van der Waals surface area contributed by atoms with Crippen molar-refractivity contribution < 1.29 is 0 Å². The van der Waals surface area contributed by atoms with Crippen LogP contribution in [0.5, 0.6) is 0 Å². The van der Waals surface area contributed by atoms with Crippen molar-refractivity contribution in [1.29, 1.82) is 5.26 Å². The molecule has 0 N–H and O–H groups in total. The Hall–Kier alpha value is -0.550. The molecule has 4 bridgehead atoms. The van der Waals surface area contributed by atoms with E-state index in [9.17, 15) is 5.26 Å². The van der Waals surface area contributed by atoms with Crippen molar-refractivity contribution in [3.8, 4) is 6.07 Å². The maximum Gasteiger partial charge on any atom is 0.0977 e. The third kappa shape index (κ3) is 1.97. The topological polar surface area (TPSA) is 27.0 Å². The molecule has 0 aromatic rings. The van der Waals surface area contributed by atoms with Crippen molar-refractivity contribution in [2.24, 2.45) is 23.7 Å². The lowest BCUT2D eigenvalue weighted by molar-refractivity contribution is -0.0644. The second-order valence-electron chi connectivity index (χ2n) is 7.02. The highest BCUT2D eigenvalue weighted by molar-refractivity contribution is 5.04. The Morgan fingerprint density at radius 2 is 1.67 bits per heavy atom. The highest BCUT2D eigenvalue weighted by atomic mass is 15.2. The van der Waals surface area contributed by atoms with E-state index in [0.717, 1.165) is 36.5 Å². The molecule has 0 amide bonds. The maximum absolute atomic E-state index is 9.39. The molecule has 0 aromatic heterocycles. The predicted molar refractivity (Wildman–Crippen MR) is 72.9 cm³/mol. The molecule has 4 fully saturated rings. The van der Waals surface area contributed by atoms with Crippen molar-refractivity contribution in [3.63, 3.8) is 0 Å². The van der Waals surface area contributed by atoms with Crippen molar-refractivity contribution >= 4 is 0 Å². The van der Waals surface area contributed by atoms with Gasteiger partial charge in [0.1, 0.15) is 0 Å². The summed E-state index contributed by atoms with van der Waals surface area (Å²) < 4.78 is 0. The Morgan fingerprint density at radius 1 is 1.11 bits per heavy atom. The van der Waals surface area contributed by atoms with Gasteiger partial charge >= 0.3 is 0 Å². The van der Waals surface area contributed by atoms with Crippen molar-refractivity contribution in [2.75, 3.05) is 7.05 Å². The number of nitriles is 1. The summed E-state index contributed by atoms with van der Waals surface area (Å²) in [4.78, 5) is 2.45. The summed E-state index contributed by atoms with van der Waals surface area (Å²) in [6, 6.07) is 3.40. The zero-order valence-electron chi connectivity index (χ0n) is 11.8. The molecule has 0 aliphatic heterocycles. The highest BCUT2D eigenvalue weighted by Crippen LogP contribution is 2.55. The molecule has 4 saturated carbocycles. The van der Waals surface area contributed by atoms with E-state index in [4.69, 9.17) is 0 Å². The van der Waals surface area contributed by atoms with Crippen LogP contribution >= 0.6 is 0 Å². The van der Waals surface area contributed by atoms with Crippen LogP contribution in [0.2, 0.25) is 0 Å². The first kappa shape index (κ1) is 12.5. The minimum absolute atomic E-state index is 0.150. The first-order valence-electron chi connectivity index (χ1n) is 7.84. The smallest absolute Gasteiger partial charge is 0.0977 e. The normalized spacial score (nSPS) is 43.1. The molecule has 1 unspecified atom stereocenters. The van der Waals surface area contributed by atoms with Gasteiger partial charge in [-0.3, -0.25) is 4.90 Å². The zero-order valence-corrected chi connectivity index (χ0v) is 11.8. The summed E-state index contributed by atoms with van der Waals surface area (Å²) in [5, 5.41) is 9.39. The molecule has 4 aliphatic carbocycles. The van der Waals surface area contributed by atoms with E-state index < -0.39 is 0 Å². The third-order valence-electron chi connectivity index (χ3n) is 5.85.